The number of morpholine rings is 1. The number of aliphatic hydroxyl groups excluding tert-OH is 1. The van der Waals surface area contributed by atoms with Crippen molar-refractivity contribution in [2.24, 2.45) is 5.92 Å². The van der Waals surface area contributed by atoms with Gasteiger partial charge in [-0.15, -0.1) is 0 Å². The van der Waals surface area contributed by atoms with E-state index in [1.807, 2.05) is 31.2 Å². The molecule has 0 aromatic heterocycles. The van der Waals surface area contributed by atoms with Gasteiger partial charge in [0.05, 0.1) is 39.6 Å². The minimum atomic E-state index is -0.538. The predicted octanol–water partition coefficient (Wildman–Crippen LogP) is 1.94. The van der Waals surface area contributed by atoms with Crippen molar-refractivity contribution in [2.75, 3.05) is 65.9 Å². The third-order valence-corrected chi connectivity index (χ3v) is 5.61. The van der Waals surface area contributed by atoms with Crippen molar-refractivity contribution in [2.45, 2.75) is 25.6 Å². The standard InChI is InChI=1S/C24H35NO7/c1-2-31-24-20(8-12-28-16-17-30-15-11-26)21(19-6-4-3-5-7-19)18-22(32-24)23(27)25-9-13-29-14-10-25/h3-7,18,20-21,24,26H,2,8-17H2,1H3/t20-,21+,24+/m0/s1. The Morgan fingerprint density at radius 2 is 1.81 bits per heavy atom. The number of carbonyl (C=O) groups is 1. The first-order valence-corrected chi connectivity index (χ1v) is 11.4. The Kier molecular flexibility index (Phi) is 10.4. The van der Waals surface area contributed by atoms with E-state index in [1.54, 1.807) is 4.90 Å². The summed E-state index contributed by atoms with van der Waals surface area (Å²) in [6, 6.07) is 10.1. The van der Waals surface area contributed by atoms with Gasteiger partial charge in [0.1, 0.15) is 0 Å². The van der Waals surface area contributed by atoms with Crippen molar-refractivity contribution in [3.63, 3.8) is 0 Å². The molecule has 0 bridgehead atoms. The lowest BCUT2D eigenvalue weighted by atomic mass is 9.81. The van der Waals surface area contributed by atoms with Gasteiger partial charge in [-0.05, 0) is 25.0 Å². The quantitative estimate of drug-likeness (QED) is 0.488. The van der Waals surface area contributed by atoms with Gasteiger partial charge in [0.2, 0.25) is 6.29 Å². The molecule has 3 rings (SSSR count). The number of nitrogens with zero attached hydrogens (tertiary/aromatic N) is 1. The number of rotatable bonds is 12. The number of carbonyl (C=O) groups excluding carboxylic acids is 1. The number of benzene rings is 1. The molecule has 8 heteroatoms. The zero-order chi connectivity index (χ0) is 22.6. The maximum absolute atomic E-state index is 13.1. The summed E-state index contributed by atoms with van der Waals surface area (Å²) in [7, 11) is 0. The Morgan fingerprint density at radius 3 is 2.50 bits per heavy atom. The van der Waals surface area contributed by atoms with Gasteiger partial charge >= 0.3 is 0 Å². The summed E-state index contributed by atoms with van der Waals surface area (Å²) in [6.45, 7) is 6.34. The molecular formula is C24H35NO7. The fourth-order valence-corrected chi connectivity index (χ4v) is 4.01. The van der Waals surface area contributed by atoms with Crippen LogP contribution in [0.2, 0.25) is 0 Å². The second-order valence-electron chi connectivity index (χ2n) is 7.71. The molecule has 0 saturated carbocycles. The van der Waals surface area contributed by atoms with Crippen molar-refractivity contribution in [1.82, 2.24) is 4.90 Å². The van der Waals surface area contributed by atoms with Crippen LogP contribution in [-0.4, -0.2) is 88.1 Å². The van der Waals surface area contributed by atoms with E-state index in [2.05, 4.69) is 12.1 Å². The molecule has 0 unspecified atom stereocenters. The van der Waals surface area contributed by atoms with Crippen molar-refractivity contribution in [3.05, 3.63) is 47.7 Å². The van der Waals surface area contributed by atoms with Gasteiger partial charge < -0.3 is 33.7 Å². The third kappa shape index (κ3) is 7.02. The topological polar surface area (TPSA) is 86.7 Å². The fraction of sp³-hybridized carbons (Fsp3) is 0.625. The highest BCUT2D eigenvalue weighted by atomic mass is 16.7. The number of allylic oxidation sites excluding steroid dienone is 1. The highest BCUT2D eigenvalue weighted by Crippen LogP contribution is 2.39. The second kappa shape index (κ2) is 13.5. The Labute approximate surface area is 190 Å². The molecule has 2 aliphatic heterocycles. The summed E-state index contributed by atoms with van der Waals surface area (Å²) in [5.41, 5.74) is 1.11. The average Bonchev–Trinajstić information content (AvgIpc) is 2.84. The van der Waals surface area contributed by atoms with Crippen LogP contribution in [0, 0.1) is 5.92 Å². The second-order valence-corrected chi connectivity index (χ2v) is 7.71. The van der Waals surface area contributed by atoms with Crippen LogP contribution in [0.3, 0.4) is 0 Å². The number of aliphatic hydroxyl groups is 1. The van der Waals surface area contributed by atoms with Gasteiger partial charge in [-0.1, -0.05) is 30.3 Å². The molecule has 1 fully saturated rings. The SMILES string of the molecule is CCO[C@@H]1OC(C(=O)N2CCOCC2)=C[C@H](c2ccccc2)[C@@H]1CCOCCOCCO. The molecule has 2 aliphatic rings. The van der Waals surface area contributed by atoms with E-state index in [1.165, 1.54) is 0 Å². The molecule has 0 aliphatic carbocycles. The van der Waals surface area contributed by atoms with E-state index in [0.717, 1.165) is 5.56 Å². The number of ether oxygens (including phenoxy) is 5. The smallest absolute Gasteiger partial charge is 0.288 e. The van der Waals surface area contributed by atoms with Gasteiger partial charge in [-0.3, -0.25) is 4.79 Å². The van der Waals surface area contributed by atoms with Crippen molar-refractivity contribution < 1.29 is 33.6 Å². The lowest BCUT2D eigenvalue weighted by molar-refractivity contribution is -0.173. The Hall–Kier alpha value is -1.97. The van der Waals surface area contributed by atoms with Crippen LogP contribution in [0.25, 0.3) is 0 Å². The van der Waals surface area contributed by atoms with E-state index in [0.29, 0.717) is 71.5 Å². The molecule has 1 aromatic rings. The molecule has 1 N–H and O–H groups in total. The van der Waals surface area contributed by atoms with Gasteiger partial charge in [0, 0.05) is 38.1 Å². The van der Waals surface area contributed by atoms with E-state index in [4.69, 9.17) is 28.8 Å². The van der Waals surface area contributed by atoms with E-state index in [9.17, 15) is 4.79 Å². The lowest BCUT2D eigenvalue weighted by Gasteiger charge is -2.38. The first-order valence-electron chi connectivity index (χ1n) is 11.4. The highest BCUT2D eigenvalue weighted by molar-refractivity contribution is 5.92. The van der Waals surface area contributed by atoms with Gasteiger partial charge in [0.25, 0.3) is 5.91 Å². The lowest BCUT2D eigenvalue weighted by Crippen LogP contribution is -2.44. The largest absolute Gasteiger partial charge is 0.459 e. The third-order valence-electron chi connectivity index (χ3n) is 5.61. The Balaban J connectivity index is 1.73. The zero-order valence-electron chi connectivity index (χ0n) is 18.8. The van der Waals surface area contributed by atoms with Crippen molar-refractivity contribution in [3.8, 4) is 0 Å². The minimum Gasteiger partial charge on any atom is -0.459 e. The molecule has 1 saturated heterocycles. The van der Waals surface area contributed by atoms with Crippen molar-refractivity contribution in [1.29, 1.82) is 0 Å². The van der Waals surface area contributed by atoms with Crippen LogP contribution in [0.5, 0.6) is 0 Å². The first kappa shape index (κ1) is 24.7. The Bertz CT molecular complexity index is 706. The fourth-order valence-electron chi connectivity index (χ4n) is 4.01. The first-order chi connectivity index (χ1) is 15.7. The van der Waals surface area contributed by atoms with Gasteiger partial charge in [0.15, 0.2) is 5.76 Å². The predicted molar refractivity (Wildman–Crippen MR) is 118 cm³/mol. The number of hydrogen-bond acceptors (Lipinski definition) is 7. The normalized spacial score (nSPS) is 23.5. The number of amides is 1. The molecule has 2 heterocycles. The van der Waals surface area contributed by atoms with Crippen LogP contribution >= 0.6 is 0 Å². The average molecular weight is 450 g/mol. The van der Waals surface area contributed by atoms with Crippen LogP contribution in [-0.2, 0) is 28.5 Å². The zero-order valence-corrected chi connectivity index (χ0v) is 18.8. The summed E-state index contributed by atoms with van der Waals surface area (Å²) in [4.78, 5) is 14.9. The molecule has 0 spiro atoms. The molecule has 3 atom stereocenters. The van der Waals surface area contributed by atoms with E-state index in [-0.39, 0.29) is 24.3 Å². The summed E-state index contributed by atoms with van der Waals surface area (Å²) in [6.07, 6.45) is 2.11. The maximum Gasteiger partial charge on any atom is 0.288 e. The summed E-state index contributed by atoms with van der Waals surface area (Å²) >= 11 is 0. The van der Waals surface area contributed by atoms with Gasteiger partial charge in [-0.2, -0.15) is 0 Å². The van der Waals surface area contributed by atoms with Crippen LogP contribution in [0.1, 0.15) is 24.8 Å². The van der Waals surface area contributed by atoms with Gasteiger partial charge in [-0.25, -0.2) is 0 Å². The highest BCUT2D eigenvalue weighted by Gasteiger charge is 2.39. The van der Waals surface area contributed by atoms with E-state index < -0.39 is 6.29 Å². The monoisotopic (exact) mass is 449 g/mol. The minimum absolute atomic E-state index is 0.00282. The number of hydrogen-bond donors (Lipinski definition) is 1. The summed E-state index contributed by atoms with van der Waals surface area (Å²) in [5, 5.41) is 8.77. The maximum atomic E-state index is 13.1. The Morgan fingerprint density at radius 1 is 1.09 bits per heavy atom. The van der Waals surface area contributed by atoms with E-state index >= 15 is 0 Å². The molecule has 32 heavy (non-hydrogen) atoms. The molecule has 1 amide bonds. The molecule has 8 nitrogen and oxygen atoms in total. The molecule has 0 radical (unpaired) electrons. The summed E-state index contributed by atoms with van der Waals surface area (Å²) in [5.74, 6) is 0.191. The molecule has 1 aromatic carbocycles. The summed E-state index contributed by atoms with van der Waals surface area (Å²) < 4.78 is 28.4. The van der Waals surface area contributed by atoms with Crippen LogP contribution < -0.4 is 0 Å². The molecule has 178 valence electrons. The molecular weight excluding hydrogens is 414 g/mol. The van der Waals surface area contributed by atoms with Crippen LogP contribution in [0.4, 0.5) is 0 Å². The van der Waals surface area contributed by atoms with Crippen LogP contribution in [0.15, 0.2) is 42.2 Å². The van der Waals surface area contributed by atoms with Crippen molar-refractivity contribution >= 4 is 5.91 Å².